The average molecular weight is 476 g/mol. The maximum Gasteiger partial charge on any atom is 0.469 e. The lowest BCUT2D eigenvalue weighted by molar-refractivity contribution is 0.117. The van der Waals surface area contributed by atoms with Crippen molar-refractivity contribution in [3.05, 3.63) is 0 Å². The van der Waals surface area contributed by atoms with Crippen molar-refractivity contribution in [2.75, 3.05) is 26.4 Å². The van der Waals surface area contributed by atoms with Crippen molar-refractivity contribution < 1.29 is 42.5 Å². The first-order chi connectivity index (χ1) is 13.6. The third-order valence-electron chi connectivity index (χ3n) is 5.08. The molecule has 0 heterocycles. The second-order valence-corrected chi connectivity index (χ2v) is 11.8. The van der Waals surface area contributed by atoms with Crippen LogP contribution in [0.4, 0.5) is 0 Å². The minimum absolute atomic E-state index is 0.0307. The Morgan fingerprint density at radius 1 is 0.567 bits per heavy atom. The molecule has 0 saturated carbocycles. The van der Waals surface area contributed by atoms with E-state index in [9.17, 15) is 9.13 Å². The van der Waals surface area contributed by atoms with Crippen LogP contribution in [0.5, 0.6) is 0 Å². The van der Waals surface area contributed by atoms with E-state index in [0.29, 0.717) is 19.4 Å². The van der Waals surface area contributed by atoms with Gasteiger partial charge in [-0.15, -0.1) is 0 Å². The molecule has 0 radical (unpaired) electrons. The van der Waals surface area contributed by atoms with Gasteiger partial charge in [0.1, 0.15) is 0 Å². The van der Waals surface area contributed by atoms with E-state index in [-0.39, 0.29) is 24.0 Å². The summed E-state index contributed by atoms with van der Waals surface area (Å²) in [5.41, 5.74) is 0.0738. The van der Waals surface area contributed by atoms with Gasteiger partial charge < -0.3 is 24.3 Å². The molecule has 0 spiro atoms. The van der Waals surface area contributed by atoms with Crippen LogP contribution in [0.2, 0.25) is 0 Å². The van der Waals surface area contributed by atoms with Crippen molar-refractivity contribution in [2.24, 2.45) is 10.8 Å². The van der Waals surface area contributed by atoms with Gasteiger partial charge in [0.15, 0.2) is 0 Å². The summed E-state index contributed by atoms with van der Waals surface area (Å²) in [5.74, 6) is 0. The van der Waals surface area contributed by atoms with Gasteiger partial charge in [0.05, 0.1) is 13.2 Å². The first-order valence-electron chi connectivity index (χ1n) is 10.6. The van der Waals surface area contributed by atoms with Crippen LogP contribution in [0, 0.1) is 10.8 Å². The van der Waals surface area contributed by atoms with Gasteiger partial charge in [-0.3, -0.25) is 9.05 Å². The molecule has 30 heavy (non-hydrogen) atoms. The summed E-state index contributed by atoms with van der Waals surface area (Å²) in [4.78, 5) is 34.8. The Morgan fingerprint density at radius 3 is 1.43 bits per heavy atom. The van der Waals surface area contributed by atoms with Crippen LogP contribution in [-0.2, 0) is 22.9 Å². The predicted octanol–water partition coefficient (Wildman–Crippen LogP) is 4.78. The number of hydrogen-bond acceptors (Lipinski definition) is 5. The van der Waals surface area contributed by atoms with Crippen molar-refractivity contribution in [1.29, 1.82) is 0 Å². The third-order valence-corrected chi connectivity index (χ3v) is 6.12. The van der Waals surface area contributed by atoms with Gasteiger partial charge in [0, 0.05) is 13.2 Å². The van der Waals surface area contributed by atoms with Crippen molar-refractivity contribution >= 4 is 15.6 Å². The quantitative estimate of drug-likeness (QED) is 0.153. The first-order valence-corrected chi connectivity index (χ1v) is 13.7. The largest absolute Gasteiger partial charge is 0.469 e. The maximum atomic E-state index is 10.7. The Bertz CT molecular complexity index is 540. The Balaban J connectivity index is 3.64. The van der Waals surface area contributed by atoms with Crippen molar-refractivity contribution in [1.82, 2.24) is 0 Å². The minimum atomic E-state index is -4.38. The van der Waals surface area contributed by atoms with Gasteiger partial charge in [-0.05, 0) is 55.8 Å². The molecule has 0 aromatic rings. The number of phosphoric ester groups is 2. The number of ether oxygens (including phenoxy) is 1. The second kappa shape index (κ2) is 14.4. The fraction of sp³-hybridized carbons (Fsp3) is 1.00. The fourth-order valence-electron chi connectivity index (χ4n) is 3.14. The number of rotatable bonds is 19. The maximum absolute atomic E-state index is 10.7. The number of hydrogen-bond donors (Lipinski definition) is 4. The lowest BCUT2D eigenvalue weighted by Crippen LogP contribution is -2.14. The summed E-state index contributed by atoms with van der Waals surface area (Å²) in [5, 5.41) is 0. The molecule has 0 bridgehead atoms. The van der Waals surface area contributed by atoms with Crippen molar-refractivity contribution in [3.63, 3.8) is 0 Å². The molecule has 0 aliphatic rings. The predicted molar refractivity (Wildman–Crippen MR) is 116 cm³/mol. The van der Waals surface area contributed by atoms with Gasteiger partial charge in [0.25, 0.3) is 0 Å². The van der Waals surface area contributed by atoms with Crippen LogP contribution in [0.3, 0.4) is 0 Å². The van der Waals surface area contributed by atoms with Gasteiger partial charge >= 0.3 is 15.6 Å². The molecule has 0 saturated heterocycles. The molecule has 0 fully saturated rings. The molecule has 0 aliphatic carbocycles. The zero-order valence-electron chi connectivity index (χ0n) is 18.9. The van der Waals surface area contributed by atoms with Crippen LogP contribution >= 0.6 is 15.6 Å². The van der Waals surface area contributed by atoms with E-state index in [4.69, 9.17) is 24.3 Å². The van der Waals surface area contributed by atoms with E-state index >= 15 is 0 Å². The molecule has 0 atom stereocenters. The standard InChI is InChI=1S/C19H42O9P2/c1-18(2,12-9-16-27-29(20,21)22)10-5-7-14-26-15-8-6-11-19(3,4)13-17-28-30(23,24)25/h5-17H2,1-4H3,(H2,20,21,22)(H2,23,24,25). The fourth-order valence-corrected chi connectivity index (χ4v) is 3.84. The average Bonchev–Trinajstić information content (AvgIpc) is 2.55. The summed E-state index contributed by atoms with van der Waals surface area (Å²) in [6, 6.07) is 0. The molecule has 0 rings (SSSR count). The first kappa shape index (κ1) is 30.2. The van der Waals surface area contributed by atoms with E-state index in [1.54, 1.807) is 0 Å². The van der Waals surface area contributed by atoms with Crippen molar-refractivity contribution in [3.8, 4) is 0 Å². The number of unbranched alkanes of at least 4 members (excludes halogenated alkanes) is 2. The molecule has 9 nitrogen and oxygen atoms in total. The number of phosphoric acid groups is 2. The highest BCUT2D eigenvalue weighted by molar-refractivity contribution is 7.46. The summed E-state index contributed by atoms with van der Waals surface area (Å²) >= 11 is 0. The summed E-state index contributed by atoms with van der Waals surface area (Å²) in [7, 11) is -8.74. The van der Waals surface area contributed by atoms with E-state index in [0.717, 1.165) is 51.6 Å². The molecule has 4 N–H and O–H groups in total. The van der Waals surface area contributed by atoms with Gasteiger partial charge in [-0.25, -0.2) is 9.13 Å². The Kier molecular flexibility index (Phi) is 14.4. The van der Waals surface area contributed by atoms with E-state index < -0.39 is 15.6 Å². The van der Waals surface area contributed by atoms with E-state index in [1.807, 2.05) is 0 Å². The molecular formula is C19H42O9P2. The van der Waals surface area contributed by atoms with E-state index in [2.05, 4.69) is 36.7 Å². The lowest BCUT2D eigenvalue weighted by atomic mass is 9.83. The normalized spacial score (nSPS) is 13.7. The van der Waals surface area contributed by atoms with Crippen LogP contribution in [-0.4, -0.2) is 46.0 Å². The van der Waals surface area contributed by atoms with E-state index in [1.165, 1.54) is 0 Å². The van der Waals surface area contributed by atoms with Crippen LogP contribution in [0.25, 0.3) is 0 Å². The summed E-state index contributed by atoms with van der Waals surface area (Å²) < 4.78 is 36.0. The highest BCUT2D eigenvalue weighted by Gasteiger charge is 2.21. The molecule has 0 aliphatic heterocycles. The zero-order chi connectivity index (χ0) is 23.3. The Labute approximate surface area is 181 Å². The molecule has 182 valence electrons. The zero-order valence-corrected chi connectivity index (χ0v) is 20.7. The van der Waals surface area contributed by atoms with Crippen molar-refractivity contribution in [2.45, 2.75) is 85.5 Å². The molecule has 0 aromatic carbocycles. The van der Waals surface area contributed by atoms with Gasteiger partial charge in [-0.1, -0.05) is 40.5 Å². The van der Waals surface area contributed by atoms with Gasteiger partial charge in [0.2, 0.25) is 0 Å². The Hall–Kier alpha value is 0.180. The molecule has 11 heteroatoms. The molecule has 0 amide bonds. The second-order valence-electron chi connectivity index (χ2n) is 9.36. The van der Waals surface area contributed by atoms with Crippen LogP contribution < -0.4 is 0 Å². The lowest BCUT2D eigenvalue weighted by Gasteiger charge is -2.24. The SMILES string of the molecule is CC(C)(CCCCOCCCCC(C)(C)CCOP(=O)(O)O)CCCOP(=O)(O)O. The van der Waals surface area contributed by atoms with Crippen LogP contribution in [0.15, 0.2) is 0 Å². The van der Waals surface area contributed by atoms with Crippen LogP contribution in [0.1, 0.15) is 85.5 Å². The smallest absolute Gasteiger partial charge is 0.381 e. The molecule has 0 aromatic heterocycles. The minimum Gasteiger partial charge on any atom is -0.381 e. The highest BCUT2D eigenvalue weighted by atomic mass is 31.2. The summed E-state index contributed by atoms with van der Waals surface area (Å²) in [6.07, 6.45) is 8.00. The highest BCUT2D eigenvalue weighted by Crippen LogP contribution is 2.38. The molecular weight excluding hydrogens is 434 g/mol. The monoisotopic (exact) mass is 476 g/mol. The topological polar surface area (TPSA) is 143 Å². The summed E-state index contributed by atoms with van der Waals surface area (Å²) in [6.45, 7) is 9.99. The molecule has 0 unspecified atom stereocenters. The third kappa shape index (κ3) is 21.4. The van der Waals surface area contributed by atoms with Gasteiger partial charge in [-0.2, -0.15) is 0 Å². The Morgan fingerprint density at radius 2 is 0.967 bits per heavy atom.